The van der Waals surface area contributed by atoms with Crippen molar-refractivity contribution in [2.45, 2.75) is 32.6 Å². The van der Waals surface area contributed by atoms with Crippen molar-refractivity contribution >= 4 is 5.97 Å². The lowest BCUT2D eigenvalue weighted by atomic mass is 10.2. The van der Waals surface area contributed by atoms with Crippen molar-refractivity contribution in [3.8, 4) is 0 Å². The lowest BCUT2D eigenvalue weighted by Crippen LogP contribution is -2.58. The monoisotopic (exact) mass is 317 g/mol. The molecule has 0 atom stereocenters. The van der Waals surface area contributed by atoms with Crippen LogP contribution in [-0.4, -0.2) is 73.3 Å². The second kappa shape index (κ2) is 13.7. The van der Waals surface area contributed by atoms with E-state index in [0.29, 0.717) is 19.8 Å². The quantitative estimate of drug-likeness (QED) is 0.246. The van der Waals surface area contributed by atoms with Gasteiger partial charge in [-0.2, -0.15) is 0 Å². The van der Waals surface area contributed by atoms with Gasteiger partial charge in [0, 0.05) is 6.61 Å². The number of rotatable bonds is 15. The number of aliphatic hydroxyl groups excluding tert-OH is 2. The molecule has 0 aromatic heterocycles. The van der Waals surface area contributed by atoms with Crippen molar-refractivity contribution in [1.82, 2.24) is 0 Å². The molecule has 0 spiro atoms. The first-order valence-corrected chi connectivity index (χ1v) is 8.09. The molecule has 130 valence electrons. The molecular formula is C16H31NO5. The zero-order valence-electron chi connectivity index (χ0n) is 13.7. The molecule has 0 radical (unpaired) electrons. The first kappa shape index (κ1) is 21.0. The van der Waals surface area contributed by atoms with Crippen molar-refractivity contribution in [3.05, 3.63) is 12.2 Å². The van der Waals surface area contributed by atoms with Crippen LogP contribution in [0.5, 0.6) is 0 Å². The lowest BCUT2D eigenvalue weighted by Gasteiger charge is -2.38. The molecule has 0 fully saturated rings. The summed E-state index contributed by atoms with van der Waals surface area (Å²) in [5.41, 5.74) is 0. The Labute approximate surface area is 133 Å². The fourth-order valence-corrected chi connectivity index (χ4v) is 2.34. The van der Waals surface area contributed by atoms with Gasteiger partial charge in [0.2, 0.25) is 0 Å². The summed E-state index contributed by atoms with van der Waals surface area (Å²) < 4.78 is 5.63. The second-order valence-electron chi connectivity index (χ2n) is 5.50. The zero-order valence-corrected chi connectivity index (χ0v) is 13.7. The van der Waals surface area contributed by atoms with Crippen molar-refractivity contribution in [2.24, 2.45) is 0 Å². The van der Waals surface area contributed by atoms with E-state index in [0.717, 1.165) is 25.7 Å². The molecule has 0 saturated carbocycles. The number of aliphatic carboxylic acids is 1. The average Bonchev–Trinajstić information content (AvgIpc) is 2.45. The number of hydrogen-bond acceptors (Lipinski definition) is 5. The molecule has 0 unspecified atom stereocenters. The van der Waals surface area contributed by atoms with E-state index in [1.807, 2.05) is 0 Å². The summed E-state index contributed by atoms with van der Waals surface area (Å²) in [5.74, 6) is -1.18. The van der Waals surface area contributed by atoms with E-state index in [2.05, 4.69) is 19.1 Å². The Morgan fingerprint density at radius 3 is 2.27 bits per heavy atom. The highest BCUT2D eigenvalue weighted by atomic mass is 16.5. The Kier molecular flexibility index (Phi) is 13.1. The number of allylic oxidation sites excluding steroid dienone is 2. The predicted molar refractivity (Wildman–Crippen MR) is 83.0 cm³/mol. The molecule has 0 heterocycles. The number of carbonyl (C=O) groups is 1. The van der Waals surface area contributed by atoms with Crippen LogP contribution in [0, 0.1) is 0 Å². The highest BCUT2D eigenvalue weighted by molar-refractivity contribution is 5.65. The van der Waals surface area contributed by atoms with E-state index in [9.17, 15) is 9.90 Å². The van der Waals surface area contributed by atoms with Gasteiger partial charge in [-0.05, 0) is 19.3 Å². The number of aliphatic hydroxyl groups is 2. The van der Waals surface area contributed by atoms with E-state index >= 15 is 0 Å². The maximum atomic E-state index is 10.9. The summed E-state index contributed by atoms with van der Waals surface area (Å²) in [6.45, 7) is 3.70. The maximum absolute atomic E-state index is 10.9. The highest BCUT2D eigenvalue weighted by Crippen LogP contribution is 2.06. The van der Waals surface area contributed by atoms with Gasteiger partial charge < -0.3 is 29.3 Å². The summed E-state index contributed by atoms with van der Waals surface area (Å²) >= 11 is 0. The van der Waals surface area contributed by atoms with Gasteiger partial charge in [0.1, 0.15) is 26.2 Å². The molecule has 6 heteroatoms. The van der Waals surface area contributed by atoms with Crippen LogP contribution in [0.1, 0.15) is 32.6 Å². The van der Waals surface area contributed by atoms with Gasteiger partial charge in [-0.15, -0.1) is 0 Å². The van der Waals surface area contributed by atoms with Crippen molar-refractivity contribution in [3.63, 3.8) is 0 Å². The standard InChI is InChI=1S/C16H31NO5/c1-2-3-4-5-6-7-13-22-14-10-17(8-11-18,9-12-19)15-16(20)21/h4-5,18-19H,2-3,6-15H2,1H3/b5-4+. The van der Waals surface area contributed by atoms with Crippen LogP contribution in [0.15, 0.2) is 12.2 Å². The van der Waals surface area contributed by atoms with Gasteiger partial charge in [-0.1, -0.05) is 25.5 Å². The van der Waals surface area contributed by atoms with E-state index < -0.39 is 5.97 Å². The molecular weight excluding hydrogens is 286 g/mol. The van der Waals surface area contributed by atoms with E-state index in [4.69, 9.17) is 14.9 Å². The number of carboxylic acid groups (broad SMARTS) is 1. The summed E-state index contributed by atoms with van der Waals surface area (Å²) in [4.78, 5) is 10.9. The molecule has 0 aliphatic carbocycles. The molecule has 0 rings (SSSR count). The lowest BCUT2D eigenvalue weighted by molar-refractivity contribution is -0.923. The minimum atomic E-state index is -1.18. The van der Waals surface area contributed by atoms with Crippen LogP contribution >= 0.6 is 0 Å². The predicted octanol–water partition coefficient (Wildman–Crippen LogP) is -0.309. The molecule has 0 aliphatic heterocycles. The van der Waals surface area contributed by atoms with Crippen LogP contribution in [0.2, 0.25) is 0 Å². The third kappa shape index (κ3) is 10.7. The van der Waals surface area contributed by atoms with E-state index in [1.54, 1.807) is 0 Å². The number of carboxylic acids is 1. The third-order valence-electron chi connectivity index (χ3n) is 3.60. The van der Waals surface area contributed by atoms with Crippen molar-refractivity contribution in [2.75, 3.05) is 52.6 Å². The van der Waals surface area contributed by atoms with Gasteiger partial charge in [-0.25, -0.2) is 0 Å². The summed E-state index contributed by atoms with van der Waals surface area (Å²) in [5, 5.41) is 29.1. The molecule has 0 aromatic carbocycles. The molecule has 0 aromatic rings. The normalized spacial score (nSPS) is 12.1. The van der Waals surface area contributed by atoms with Crippen LogP contribution < -0.4 is 5.11 Å². The Bertz CT molecular complexity index is 301. The SMILES string of the molecule is CCC/C=C/CCCOCC[N+](CCO)(CCO)CC(=O)[O-]. The average molecular weight is 317 g/mol. The number of carbonyl (C=O) groups excluding carboxylic acids is 1. The fraction of sp³-hybridized carbons (Fsp3) is 0.812. The van der Waals surface area contributed by atoms with Crippen LogP contribution in [-0.2, 0) is 9.53 Å². The number of quaternary nitrogens is 1. The van der Waals surface area contributed by atoms with Crippen molar-refractivity contribution in [1.29, 1.82) is 0 Å². The zero-order chi connectivity index (χ0) is 16.7. The van der Waals surface area contributed by atoms with Gasteiger partial charge >= 0.3 is 0 Å². The second-order valence-corrected chi connectivity index (χ2v) is 5.50. The molecule has 0 aliphatic rings. The number of nitrogens with zero attached hydrogens (tertiary/aromatic N) is 1. The largest absolute Gasteiger partial charge is 0.544 e. The van der Waals surface area contributed by atoms with E-state index in [-0.39, 0.29) is 37.3 Å². The Morgan fingerprint density at radius 2 is 1.73 bits per heavy atom. The van der Waals surface area contributed by atoms with E-state index in [1.165, 1.54) is 0 Å². The Morgan fingerprint density at radius 1 is 1.09 bits per heavy atom. The summed E-state index contributed by atoms with van der Waals surface area (Å²) in [6, 6.07) is 0. The number of unbranched alkanes of at least 4 members (excludes halogenated alkanes) is 2. The molecule has 0 saturated heterocycles. The maximum Gasteiger partial charge on any atom is 0.119 e. The first-order valence-electron chi connectivity index (χ1n) is 8.09. The Hall–Kier alpha value is -0.950. The molecule has 0 amide bonds. The van der Waals surface area contributed by atoms with Crippen LogP contribution in [0.4, 0.5) is 0 Å². The number of ether oxygens (including phenoxy) is 1. The highest BCUT2D eigenvalue weighted by Gasteiger charge is 2.26. The molecule has 0 bridgehead atoms. The number of hydrogen-bond donors (Lipinski definition) is 2. The smallest absolute Gasteiger partial charge is 0.119 e. The topological polar surface area (TPSA) is 89.8 Å². The van der Waals surface area contributed by atoms with Crippen LogP contribution in [0.3, 0.4) is 0 Å². The van der Waals surface area contributed by atoms with Gasteiger partial charge in [0.25, 0.3) is 0 Å². The Balaban J connectivity index is 4.03. The summed E-state index contributed by atoms with van der Waals surface area (Å²) in [6.07, 6.45) is 8.49. The third-order valence-corrected chi connectivity index (χ3v) is 3.60. The molecule has 6 nitrogen and oxygen atoms in total. The molecule has 2 N–H and O–H groups in total. The van der Waals surface area contributed by atoms with Crippen molar-refractivity contribution < 1.29 is 29.3 Å². The van der Waals surface area contributed by atoms with Gasteiger partial charge in [0.15, 0.2) is 0 Å². The summed E-state index contributed by atoms with van der Waals surface area (Å²) in [7, 11) is 0. The van der Waals surface area contributed by atoms with Gasteiger partial charge in [0.05, 0.1) is 25.8 Å². The minimum Gasteiger partial charge on any atom is -0.544 e. The fourth-order valence-electron chi connectivity index (χ4n) is 2.34. The first-order chi connectivity index (χ1) is 10.6. The molecule has 22 heavy (non-hydrogen) atoms. The van der Waals surface area contributed by atoms with Crippen LogP contribution in [0.25, 0.3) is 0 Å². The minimum absolute atomic E-state index is 0.0890. The van der Waals surface area contributed by atoms with Gasteiger partial charge in [-0.3, -0.25) is 0 Å².